The van der Waals surface area contributed by atoms with E-state index in [-0.39, 0.29) is 0 Å². The predicted molar refractivity (Wildman–Crippen MR) is 293 cm³/mol. The van der Waals surface area contributed by atoms with Crippen molar-refractivity contribution < 1.29 is 4.74 Å². The van der Waals surface area contributed by atoms with Crippen LogP contribution in [0.15, 0.2) is 249 Å². The van der Waals surface area contributed by atoms with E-state index in [0.29, 0.717) is 0 Å². The van der Waals surface area contributed by atoms with Crippen molar-refractivity contribution in [2.45, 2.75) is 10.8 Å². The molecular formula is C68H41NOS. The number of thiophene rings is 1. The summed E-state index contributed by atoms with van der Waals surface area (Å²) in [7, 11) is 0. The van der Waals surface area contributed by atoms with Gasteiger partial charge in [-0.15, -0.1) is 11.3 Å². The Morgan fingerprint density at radius 2 is 0.803 bits per heavy atom. The molecule has 3 aliphatic carbocycles. The predicted octanol–water partition coefficient (Wildman–Crippen LogP) is 18.0. The van der Waals surface area contributed by atoms with Crippen molar-refractivity contribution in [2.24, 2.45) is 0 Å². The Morgan fingerprint density at radius 3 is 1.44 bits per heavy atom. The molecule has 1 aromatic heterocycles. The van der Waals surface area contributed by atoms with Crippen LogP contribution in [0.25, 0.3) is 64.7 Å². The molecule has 1 aliphatic heterocycles. The van der Waals surface area contributed by atoms with Gasteiger partial charge in [-0.2, -0.15) is 0 Å². The highest BCUT2D eigenvalue weighted by Gasteiger charge is 2.53. The number of nitrogens with zero attached hydrogens (tertiary/aromatic N) is 1. The third-order valence-electron chi connectivity index (χ3n) is 16.1. The standard InChI is InChI=1S/C68H41NOS/c1-2-19-42(20-3-1)51-40-44(41-60-66(51)70-62-34-16-15-32-59(62)68(60)55-29-12-6-23-47(55)48-24-7-13-30-56(48)68)69(61-33-18-36-64-65(61)50-26-9-17-35-63(50)71-64)43-37-38-58-52(39-43)49-25-8-14-31-57(49)67(58)53-27-10-4-21-45(53)46-22-5-11-28-54(46)67/h1-41H. The van der Waals surface area contributed by atoms with Gasteiger partial charge in [-0.3, -0.25) is 0 Å². The fraction of sp³-hybridized carbons (Fsp3) is 0.0294. The SMILES string of the molecule is c1ccc(-c2cc(N(c3ccc4c(c3)-c3ccccc3C43c4ccccc4-c4ccccc43)c3cccc4sc5ccccc5c34)cc3c2Oc2ccccc2C32c3ccccc3-c3ccccc32)cc1. The lowest BCUT2D eigenvalue weighted by molar-refractivity contribution is 0.438. The maximum absolute atomic E-state index is 7.34. The molecule has 0 bridgehead atoms. The van der Waals surface area contributed by atoms with E-state index >= 15 is 0 Å². The minimum absolute atomic E-state index is 0.446. The fourth-order valence-electron chi connectivity index (χ4n) is 13.5. The van der Waals surface area contributed by atoms with Crippen molar-refractivity contribution in [3.8, 4) is 56.0 Å². The van der Waals surface area contributed by atoms with E-state index in [4.69, 9.17) is 4.74 Å². The van der Waals surface area contributed by atoms with Crippen molar-refractivity contribution in [3.63, 3.8) is 0 Å². The summed E-state index contributed by atoms with van der Waals surface area (Å²) in [5.74, 6) is 1.76. The molecule has 16 rings (SSSR count). The van der Waals surface area contributed by atoms with Gasteiger partial charge in [-0.25, -0.2) is 0 Å². The van der Waals surface area contributed by atoms with Crippen LogP contribution in [-0.4, -0.2) is 0 Å². The zero-order chi connectivity index (χ0) is 46.4. The molecule has 11 aromatic carbocycles. The number of hydrogen-bond donors (Lipinski definition) is 0. The minimum atomic E-state index is -0.670. The van der Waals surface area contributed by atoms with Crippen molar-refractivity contribution in [2.75, 3.05) is 4.90 Å². The van der Waals surface area contributed by atoms with Crippen molar-refractivity contribution in [3.05, 3.63) is 293 Å². The number of fused-ring (bicyclic) bond motifs is 22. The molecule has 2 spiro atoms. The second-order valence-corrected chi connectivity index (χ2v) is 20.5. The van der Waals surface area contributed by atoms with Gasteiger partial charge in [0.05, 0.1) is 16.5 Å². The minimum Gasteiger partial charge on any atom is -0.456 e. The molecule has 330 valence electrons. The normalized spacial score (nSPS) is 14.3. The van der Waals surface area contributed by atoms with Gasteiger partial charge < -0.3 is 9.64 Å². The summed E-state index contributed by atoms with van der Waals surface area (Å²) in [6, 6.07) is 92.8. The van der Waals surface area contributed by atoms with Crippen molar-refractivity contribution >= 4 is 48.6 Å². The van der Waals surface area contributed by atoms with Crippen LogP contribution in [0.1, 0.15) is 44.5 Å². The van der Waals surface area contributed by atoms with Crippen LogP contribution in [0, 0.1) is 0 Å². The molecular weight excluding hydrogens is 879 g/mol. The number of benzene rings is 11. The molecule has 0 N–H and O–H groups in total. The second kappa shape index (κ2) is 14.4. The first kappa shape index (κ1) is 39.1. The molecule has 71 heavy (non-hydrogen) atoms. The largest absolute Gasteiger partial charge is 0.456 e. The number of para-hydroxylation sites is 1. The van der Waals surface area contributed by atoms with E-state index in [2.05, 4.69) is 254 Å². The van der Waals surface area contributed by atoms with Crippen LogP contribution in [-0.2, 0) is 10.8 Å². The van der Waals surface area contributed by atoms with E-state index in [1.165, 1.54) is 86.9 Å². The molecule has 4 aliphatic rings. The third-order valence-corrected chi connectivity index (χ3v) is 17.3. The molecule has 12 aromatic rings. The fourth-order valence-corrected chi connectivity index (χ4v) is 14.6. The quantitative estimate of drug-likeness (QED) is 0.174. The van der Waals surface area contributed by atoms with E-state index in [0.717, 1.165) is 50.8 Å². The first-order chi connectivity index (χ1) is 35.2. The van der Waals surface area contributed by atoms with Crippen molar-refractivity contribution in [1.82, 2.24) is 0 Å². The number of hydrogen-bond acceptors (Lipinski definition) is 3. The summed E-state index contributed by atoms with van der Waals surface area (Å²) < 4.78 is 9.87. The van der Waals surface area contributed by atoms with Crippen LogP contribution in [0.3, 0.4) is 0 Å². The average molecular weight is 920 g/mol. The Kier molecular flexibility index (Phi) is 7.93. The van der Waals surface area contributed by atoms with Crippen LogP contribution in [0.2, 0.25) is 0 Å². The molecule has 3 heteroatoms. The summed E-state index contributed by atoms with van der Waals surface area (Å²) in [4.78, 5) is 2.56. The Hall–Kier alpha value is -8.76. The Morgan fingerprint density at radius 1 is 0.324 bits per heavy atom. The molecule has 0 radical (unpaired) electrons. The number of rotatable bonds is 4. The molecule has 0 saturated heterocycles. The topological polar surface area (TPSA) is 12.5 Å². The Labute approximate surface area is 416 Å². The van der Waals surface area contributed by atoms with Crippen molar-refractivity contribution in [1.29, 1.82) is 0 Å². The summed E-state index contributed by atoms with van der Waals surface area (Å²) in [5, 5.41) is 2.50. The summed E-state index contributed by atoms with van der Waals surface area (Å²) in [5.41, 5.74) is 22.1. The molecule has 0 unspecified atom stereocenters. The molecule has 2 nitrogen and oxygen atoms in total. The smallest absolute Gasteiger partial charge is 0.140 e. The van der Waals surface area contributed by atoms with Gasteiger partial charge in [-0.1, -0.05) is 200 Å². The van der Waals surface area contributed by atoms with Gasteiger partial charge in [0.25, 0.3) is 0 Å². The zero-order valence-corrected chi connectivity index (χ0v) is 39.3. The average Bonchev–Trinajstić information content (AvgIpc) is 4.15. The molecule has 0 atom stereocenters. The molecule has 0 fully saturated rings. The summed E-state index contributed by atoms with van der Waals surface area (Å²) >= 11 is 1.86. The highest BCUT2D eigenvalue weighted by molar-refractivity contribution is 7.26. The maximum Gasteiger partial charge on any atom is 0.140 e. The first-order valence-electron chi connectivity index (χ1n) is 24.6. The van der Waals surface area contributed by atoms with E-state index in [1.54, 1.807) is 0 Å². The molecule has 0 amide bonds. The van der Waals surface area contributed by atoms with Gasteiger partial charge in [0.15, 0.2) is 0 Å². The lowest BCUT2D eigenvalue weighted by Gasteiger charge is -2.41. The van der Waals surface area contributed by atoms with Crippen LogP contribution >= 0.6 is 11.3 Å². The van der Waals surface area contributed by atoms with Crippen LogP contribution in [0.5, 0.6) is 11.5 Å². The lowest BCUT2D eigenvalue weighted by Crippen LogP contribution is -2.32. The maximum atomic E-state index is 7.34. The first-order valence-corrected chi connectivity index (χ1v) is 25.4. The van der Waals surface area contributed by atoms with Crippen LogP contribution < -0.4 is 9.64 Å². The Bertz CT molecular complexity index is 4150. The van der Waals surface area contributed by atoms with Gasteiger partial charge in [0.1, 0.15) is 11.5 Å². The molecule has 0 saturated carbocycles. The van der Waals surface area contributed by atoms with Gasteiger partial charge in [-0.05, 0) is 121 Å². The highest BCUT2D eigenvalue weighted by atomic mass is 32.1. The lowest BCUT2D eigenvalue weighted by atomic mass is 9.65. The van der Waals surface area contributed by atoms with E-state index in [1.807, 2.05) is 11.3 Å². The van der Waals surface area contributed by atoms with Gasteiger partial charge in [0.2, 0.25) is 0 Å². The summed E-state index contributed by atoms with van der Waals surface area (Å²) in [6.07, 6.45) is 0. The number of ether oxygens (including phenoxy) is 1. The van der Waals surface area contributed by atoms with E-state index in [9.17, 15) is 0 Å². The monoisotopic (exact) mass is 919 g/mol. The second-order valence-electron chi connectivity index (χ2n) is 19.4. The van der Waals surface area contributed by atoms with Gasteiger partial charge >= 0.3 is 0 Å². The van der Waals surface area contributed by atoms with E-state index < -0.39 is 10.8 Å². The zero-order valence-electron chi connectivity index (χ0n) is 38.4. The summed E-state index contributed by atoms with van der Waals surface area (Å²) in [6.45, 7) is 0. The Balaban J connectivity index is 1.03. The van der Waals surface area contributed by atoms with Gasteiger partial charge in [0, 0.05) is 48.2 Å². The highest BCUT2D eigenvalue weighted by Crippen LogP contribution is 2.66. The van der Waals surface area contributed by atoms with Crippen LogP contribution in [0.4, 0.5) is 17.1 Å². The molecule has 2 heterocycles. The number of anilines is 3. The third kappa shape index (κ3) is 5.00.